The number of carbonyl (C=O) groups is 1. The molecule has 0 aromatic carbocycles. The SMILES string of the molecule is C[C@H](CCC(=O)O)C1CCC2C3C[C@H](O)C4C[C@H](O)CC[C@]4(C)C3CC[C@@]21C. The molecular weight excluding hydrogens is 352 g/mol. The molecule has 4 rings (SSSR count). The molecule has 4 fully saturated rings. The molecule has 0 aromatic rings. The molecule has 0 aliphatic heterocycles. The lowest BCUT2D eigenvalue weighted by atomic mass is 9.44. The maximum atomic E-state index is 11.1. The van der Waals surface area contributed by atoms with Crippen LogP contribution in [-0.4, -0.2) is 33.5 Å². The molecule has 5 unspecified atom stereocenters. The molecule has 0 spiro atoms. The largest absolute Gasteiger partial charge is 0.481 e. The van der Waals surface area contributed by atoms with E-state index < -0.39 is 5.97 Å². The zero-order valence-corrected chi connectivity index (χ0v) is 17.9. The van der Waals surface area contributed by atoms with Crippen LogP contribution in [0.4, 0.5) is 0 Å². The second-order valence-corrected chi connectivity index (χ2v) is 11.4. The Morgan fingerprint density at radius 2 is 1.64 bits per heavy atom. The second kappa shape index (κ2) is 7.27. The van der Waals surface area contributed by atoms with Gasteiger partial charge in [-0.25, -0.2) is 0 Å². The molecule has 0 aromatic heterocycles. The number of fused-ring (bicyclic) bond motifs is 5. The molecule has 0 saturated heterocycles. The van der Waals surface area contributed by atoms with E-state index in [1.165, 1.54) is 25.7 Å². The number of carboxylic acid groups (broad SMARTS) is 1. The molecule has 4 aliphatic rings. The number of hydrogen-bond acceptors (Lipinski definition) is 3. The van der Waals surface area contributed by atoms with Gasteiger partial charge < -0.3 is 15.3 Å². The molecule has 0 heterocycles. The first-order chi connectivity index (χ1) is 13.2. The normalized spacial score (nSPS) is 51.7. The minimum absolute atomic E-state index is 0.176. The summed E-state index contributed by atoms with van der Waals surface area (Å²) in [4.78, 5) is 11.1. The van der Waals surface area contributed by atoms with E-state index in [1.807, 2.05) is 0 Å². The highest BCUT2D eigenvalue weighted by Crippen LogP contribution is 2.68. The third kappa shape index (κ3) is 3.14. The first-order valence-corrected chi connectivity index (χ1v) is 11.7. The van der Waals surface area contributed by atoms with E-state index >= 15 is 0 Å². The molecule has 4 nitrogen and oxygen atoms in total. The lowest BCUT2D eigenvalue weighted by molar-refractivity contribution is -0.172. The Labute approximate surface area is 170 Å². The van der Waals surface area contributed by atoms with Crippen molar-refractivity contribution in [1.82, 2.24) is 0 Å². The summed E-state index contributed by atoms with van der Waals surface area (Å²) >= 11 is 0. The Balaban J connectivity index is 1.55. The van der Waals surface area contributed by atoms with Gasteiger partial charge in [0, 0.05) is 6.42 Å². The average Bonchev–Trinajstić information content (AvgIpc) is 2.99. The van der Waals surface area contributed by atoms with E-state index in [0.29, 0.717) is 35.0 Å². The Morgan fingerprint density at radius 3 is 2.36 bits per heavy atom. The van der Waals surface area contributed by atoms with Gasteiger partial charge in [0.15, 0.2) is 0 Å². The van der Waals surface area contributed by atoms with Crippen LogP contribution in [0.5, 0.6) is 0 Å². The van der Waals surface area contributed by atoms with Crippen molar-refractivity contribution in [3.63, 3.8) is 0 Å². The predicted molar refractivity (Wildman–Crippen MR) is 109 cm³/mol. The monoisotopic (exact) mass is 392 g/mol. The highest BCUT2D eigenvalue weighted by atomic mass is 16.4. The van der Waals surface area contributed by atoms with Gasteiger partial charge in [-0.05, 0) is 104 Å². The zero-order chi connectivity index (χ0) is 20.3. The summed E-state index contributed by atoms with van der Waals surface area (Å²) in [6.07, 6.45) is 9.16. The summed E-state index contributed by atoms with van der Waals surface area (Å²) in [5.41, 5.74) is 0.478. The Hall–Kier alpha value is -0.610. The summed E-state index contributed by atoms with van der Waals surface area (Å²) in [5, 5.41) is 30.4. The van der Waals surface area contributed by atoms with Crippen LogP contribution in [-0.2, 0) is 4.79 Å². The Kier molecular flexibility index (Phi) is 5.36. The van der Waals surface area contributed by atoms with Crippen LogP contribution in [0.2, 0.25) is 0 Å². The maximum Gasteiger partial charge on any atom is 0.303 e. The number of aliphatic hydroxyl groups excluding tert-OH is 2. The summed E-state index contributed by atoms with van der Waals surface area (Å²) in [6, 6.07) is 0. The predicted octanol–water partition coefficient (Wildman–Crippen LogP) is 4.48. The fraction of sp³-hybridized carbons (Fsp3) is 0.958. The van der Waals surface area contributed by atoms with Gasteiger partial charge in [0.1, 0.15) is 0 Å². The average molecular weight is 393 g/mol. The third-order valence-corrected chi connectivity index (χ3v) is 10.2. The lowest BCUT2D eigenvalue weighted by Crippen LogP contribution is -2.58. The van der Waals surface area contributed by atoms with Crippen molar-refractivity contribution in [1.29, 1.82) is 0 Å². The summed E-state index contributed by atoms with van der Waals surface area (Å²) in [6.45, 7) is 7.16. The van der Waals surface area contributed by atoms with Crippen LogP contribution < -0.4 is 0 Å². The van der Waals surface area contributed by atoms with Gasteiger partial charge in [0.05, 0.1) is 12.2 Å². The van der Waals surface area contributed by atoms with Crippen LogP contribution in [0.25, 0.3) is 0 Å². The van der Waals surface area contributed by atoms with Gasteiger partial charge in [0.25, 0.3) is 0 Å². The van der Waals surface area contributed by atoms with Gasteiger partial charge in [-0.2, -0.15) is 0 Å². The van der Waals surface area contributed by atoms with E-state index in [4.69, 9.17) is 5.11 Å². The molecular formula is C24H40O4. The van der Waals surface area contributed by atoms with E-state index in [2.05, 4.69) is 20.8 Å². The van der Waals surface area contributed by atoms with Crippen molar-refractivity contribution in [3.05, 3.63) is 0 Å². The molecule has 28 heavy (non-hydrogen) atoms. The lowest BCUT2D eigenvalue weighted by Gasteiger charge is -2.62. The van der Waals surface area contributed by atoms with E-state index in [-0.39, 0.29) is 30.0 Å². The van der Waals surface area contributed by atoms with Crippen molar-refractivity contribution in [2.24, 2.45) is 46.3 Å². The quantitative estimate of drug-likeness (QED) is 0.659. The van der Waals surface area contributed by atoms with Crippen LogP contribution in [0, 0.1) is 46.3 Å². The molecule has 0 amide bonds. The smallest absolute Gasteiger partial charge is 0.303 e. The molecule has 4 aliphatic carbocycles. The van der Waals surface area contributed by atoms with Crippen LogP contribution in [0.1, 0.15) is 85.0 Å². The molecule has 4 saturated carbocycles. The van der Waals surface area contributed by atoms with Gasteiger partial charge in [-0.1, -0.05) is 20.8 Å². The molecule has 10 atom stereocenters. The summed E-state index contributed by atoms with van der Waals surface area (Å²) in [7, 11) is 0. The van der Waals surface area contributed by atoms with Crippen molar-refractivity contribution < 1.29 is 20.1 Å². The second-order valence-electron chi connectivity index (χ2n) is 11.4. The number of aliphatic hydroxyl groups is 2. The third-order valence-electron chi connectivity index (χ3n) is 10.2. The minimum Gasteiger partial charge on any atom is -0.481 e. The fourth-order valence-electron chi connectivity index (χ4n) is 8.81. The van der Waals surface area contributed by atoms with E-state index in [0.717, 1.165) is 32.1 Å². The van der Waals surface area contributed by atoms with E-state index in [9.17, 15) is 15.0 Å². The van der Waals surface area contributed by atoms with Crippen molar-refractivity contribution in [2.75, 3.05) is 0 Å². The topological polar surface area (TPSA) is 77.8 Å². The number of carboxylic acids is 1. The van der Waals surface area contributed by atoms with E-state index in [1.54, 1.807) is 0 Å². The number of hydrogen-bond donors (Lipinski definition) is 3. The maximum absolute atomic E-state index is 11.1. The fourth-order valence-corrected chi connectivity index (χ4v) is 8.81. The van der Waals surface area contributed by atoms with Gasteiger partial charge in [-0.15, -0.1) is 0 Å². The van der Waals surface area contributed by atoms with Crippen LogP contribution >= 0.6 is 0 Å². The van der Waals surface area contributed by atoms with Gasteiger partial charge >= 0.3 is 5.97 Å². The Morgan fingerprint density at radius 1 is 0.964 bits per heavy atom. The van der Waals surface area contributed by atoms with Crippen molar-refractivity contribution in [3.8, 4) is 0 Å². The highest BCUT2D eigenvalue weighted by molar-refractivity contribution is 5.66. The van der Waals surface area contributed by atoms with Gasteiger partial charge in [0.2, 0.25) is 0 Å². The standard InChI is InChI=1S/C24H40O4/c1-14(4-7-22(27)28)17-5-6-18-16-13-21(26)20-12-15(25)8-10-24(20,3)19(16)9-11-23(17,18)2/h14-21,25-26H,4-13H2,1-3H3,(H,27,28)/t14-,15-,16?,17?,18?,19?,20?,21+,23-,24-/m1/s1. The zero-order valence-electron chi connectivity index (χ0n) is 17.9. The molecule has 160 valence electrons. The van der Waals surface area contributed by atoms with Crippen LogP contribution in [0.15, 0.2) is 0 Å². The summed E-state index contributed by atoms with van der Waals surface area (Å²) < 4.78 is 0. The molecule has 4 heteroatoms. The number of aliphatic carboxylic acids is 1. The summed E-state index contributed by atoms with van der Waals surface area (Å²) in [5.74, 6) is 2.61. The van der Waals surface area contributed by atoms with Crippen LogP contribution in [0.3, 0.4) is 0 Å². The first-order valence-electron chi connectivity index (χ1n) is 11.7. The Bertz CT molecular complexity index is 605. The molecule has 3 N–H and O–H groups in total. The van der Waals surface area contributed by atoms with Gasteiger partial charge in [-0.3, -0.25) is 4.79 Å². The minimum atomic E-state index is -0.677. The number of rotatable bonds is 4. The highest BCUT2D eigenvalue weighted by Gasteiger charge is 2.62. The molecule has 0 bridgehead atoms. The first kappa shape index (κ1) is 20.7. The van der Waals surface area contributed by atoms with Crippen molar-refractivity contribution >= 4 is 5.97 Å². The molecule has 0 radical (unpaired) electrons. The van der Waals surface area contributed by atoms with Crippen molar-refractivity contribution in [2.45, 2.75) is 97.2 Å².